The lowest BCUT2D eigenvalue weighted by atomic mass is 9.88. The Labute approximate surface area is 210 Å². The van der Waals surface area contributed by atoms with Gasteiger partial charge in [0.15, 0.2) is 11.5 Å². The second-order valence-corrected chi connectivity index (χ2v) is 10.4. The average Bonchev–Trinajstić information content (AvgIpc) is 2.80. The van der Waals surface area contributed by atoms with E-state index >= 15 is 0 Å². The molecule has 1 heterocycles. The van der Waals surface area contributed by atoms with Crippen LogP contribution in [0.4, 0.5) is 0 Å². The van der Waals surface area contributed by atoms with Crippen LogP contribution in [-0.4, -0.2) is 29.1 Å². The van der Waals surface area contributed by atoms with Gasteiger partial charge in [0.1, 0.15) is 5.82 Å². The van der Waals surface area contributed by atoms with Crippen molar-refractivity contribution in [3.63, 3.8) is 0 Å². The first-order valence-corrected chi connectivity index (χ1v) is 12.8. The monoisotopic (exact) mass is 575 g/mol. The highest BCUT2D eigenvalue weighted by Gasteiger charge is 2.23. The first-order chi connectivity index (χ1) is 15.9. The molecule has 0 saturated heterocycles. The molecule has 1 aromatic heterocycles. The topological polar surface area (TPSA) is 65.7 Å². The standard InChI is InChI=1S/C25H27Br2N3O3/c1-15(2)33-23-17(11-19(27)13-22(23)32-3)14-28-30-24(16-7-5-4-6-8-16)29-21-10-9-18(26)12-20(21)25(30)31/h9-16H,4-8H2,1-3H3. The Morgan fingerprint density at radius 1 is 1.12 bits per heavy atom. The van der Waals surface area contributed by atoms with Gasteiger partial charge in [-0.2, -0.15) is 9.78 Å². The smallest absolute Gasteiger partial charge is 0.282 e. The molecule has 0 aliphatic heterocycles. The molecule has 0 unspecified atom stereocenters. The molecule has 1 fully saturated rings. The van der Waals surface area contributed by atoms with E-state index < -0.39 is 0 Å². The fraction of sp³-hybridized carbons (Fsp3) is 0.400. The summed E-state index contributed by atoms with van der Waals surface area (Å²) in [5.74, 6) is 2.11. The van der Waals surface area contributed by atoms with E-state index in [2.05, 4.69) is 37.0 Å². The fourth-order valence-corrected chi connectivity index (χ4v) is 5.04. The highest BCUT2D eigenvalue weighted by atomic mass is 79.9. The highest BCUT2D eigenvalue weighted by molar-refractivity contribution is 9.10. The minimum Gasteiger partial charge on any atom is -0.493 e. The number of ether oxygens (including phenoxy) is 2. The number of hydrogen-bond donors (Lipinski definition) is 0. The Hall–Kier alpha value is -2.19. The Bertz CT molecular complexity index is 1250. The third-order valence-electron chi connectivity index (χ3n) is 5.74. The zero-order valence-electron chi connectivity index (χ0n) is 19.0. The quantitative estimate of drug-likeness (QED) is 0.308. The third kappa shape index (κ3) is 5.32. The van der Waals surface area contributed by atoms with Crippen LogP contribution in [0.5, 0.6) is 11.5 Å². The molecule has 1 aliphatic carbocycles. The molecular formula is C25H27Br2N3O3. The van der Waals surface area contributed by atoms with E-state index in [1.165, 1.54) is 11.1 Å². The Morgan fingerprint density at radius 3 is 2.58 bits per heavy atom. The molecule has 1 saturated carbocycles. The van der Waals surface area contributed by atoms with Crippen LogP contribution in [0.1, 0.15) is 63.3 Å². The molecule has 6 nitrogen and oxygen atoms in total. The minimum atomic E-state index is -0.175. The molecule has 1 aliphatic rings. The number of hydrogen-bond acceptors (Lipinski definition) is 5. The van der Waals surface area contributed by atoms with E-state index in [9.17, 15) is 4.79 Å². The van der Waals surface area contributed by atoms with Gasteiger partial charge in [-0.1, -0.05) is 51.1 Å². The highest BCUT2D eigenvalue weighted by Crippen LogP contribution is 2.35. The molecule has 0 atom stereocenters. The third-order valence-corrected chi connectivity index (χ3v) is 6.69. The second kappa shape index (κ2) is 10.4. The molecule has 0 spiro atoms. The molecule has 2 aromatic carbocycles. The van der Waals surface area contributed by atoms with E-state index in [1.54, 1.807) is 19.4 Å². The van der Waals surface area contributed by atoms with Crippen molar-refractivity contribution in [2.45, 2.75) is 58.0 Å². The maximum atomic E-state index is 13.5. The van der Waals surface area contributed by atoms with Crippen LogP contribution in [0.3, 0.4) is 0 Å². The van der Waals surface area contributed by atoms with E-state index in [-0.39, 0.29) is 17.6 Å². The summed E-state index contributed by atoms with van der Waals surface area (Å²) in [4.78, 5) is 18.4. The maximum absolute atomic E-state index is 13.5. The predicted molar refractivity (Wildman–Crippen MR) is 139 cm³/mol. The summed E-state index contributed by atoms with van der Waals surface area (Å²) in [6.45, 7) is 3.92. The van der Waals surface area contributed by atoms with Crippen LogP contribution >= 0.6 is 31.9 Å². The van der Waals surface area contributed by atoms with Gasteiger partial charge in [-0.15, -0.1) is 0 Å². The lowest BCUT2D eigenvalue weighted by Gasteiger charge is -2.23. The van der Waals surface area contributed by atoms with Gasteiger partial charge in [-0.3, -0.25) is 4.79 Å². The summed E-state index contributed by atoms with van der Waals surface area (Å²) < 4.78 is 14.7. The number of halogens is 2. The van der Waals surface area contributed by atoms with E-state index in [4.69, 9.17) is 14.5 Å². The second-order valence-electron chi connectivity index (χ2n) is 8.52. The van der Waals surface area contributed by atoms with Gasteiger partial charge < -0.3 is 9.47 Å². The normalized spacial score (nSPS) is 15.0. The number of benzene rings is 2. The molecule has 0 bridgehead atoms. The zero-order valence-corrected chi connectivity index (χ0v) is 22.1. The molecule has 8 heteroatoms. The number of aromatic nitrogens is 2. The van der Waals surface area contributed by atoms with Crippen molar-refractivity contribution in [3.8, 4) is 11.5 Å². The number of nitrogens with zero attached hydrogens (tertiary/aromatic N) is 3. The summed E-state index contributed by atoms with van der Waals surface area (Å²) in [6.07, 6.45) is 7.12. The maximum Gasteiger partial charge on any atom is 0.282 e. The van der Waals surface area contributed by atoms with E-state index in [0.29, 0.717) is 28.0 Å². The first kappa shape index (κ1) is 24.0. The lowest BCUT2D eigenvalue weighted by molar-refractivity contribution is 0.229. The summed E-state index contributed by atoms with van der Waals surface area (Å²) >= 11 is 7.00. The van der Waals surface area contributed by atoms with Crippen LogP contribution in [0.2, 0.25) is 0 Å². The van der Waals surface area contributed by atoms with Crippen molar-refractivity contribution < 1.29 is 9.47 Å². The van der Waals surface area contributed by atoms with Gasteiger partial charge >= 0.3 is 0 Å². The summed E-state index contributed by atoms with van der Waals surface area (Å²) in [6, 6.07) is 9.35. The predicted octanol–water partition coefficient (Wildman–Crippen LogP) is 6.65. The summed E-state index contributed by atoms with van der Waals surface area (Å²) in [7, 11) is 1.60. The van der Waals surface area contributed by atoms with Crippen molar-refractivity contribution in [1.82, 2.24) is 9.66 Å². The van der Waals surface area contributed by atoms with Crippen molar-refractivity contribution in [2.75, 3.05) is 7.11 Å². The molecule has 4 rings (SSSR count). The van der Waals surface area contributed by atoms with Crippen LogP contribution in [0.15, 0.2) is 49.2 Å². The summed E-state index contributed by atoms with van der Waals surface area (Å²) in [5, 5.41) is 5.19. The minimum absolute atomic E-state index is 0.0487. The first-order valence-electron chi connectivity index (χ1n) is 11.2. The lowest BCUT2D eigenvalue weighted by Crippen LogP contribution is -2.25. The average molecular weight is 577 g/mol. The van der Waals surface area contributed by atoms with Gasteiger partial charge in [0, 0.05) is 20.4 Å². The molecule has 0 radical (unpaired) electrons. The van der Waals surface area contributed by atoms with Gasteiger partial charge in [0.2, 0.25) is 0 Å². The molecule has 33 heavy (non-hydrogen) atoms. The Kier molecular flexibility index (Phi) is 7.54. The van der Waals surface area contributed by atoms with Crippen molar-refractivity contribution >= 4 is 49.0 Å². The van der Waals surface area contributed by atoms with Gasteiger partial charge in [0.05, 0.1) is 30.3 Å². The van der Waals surface area contributed by atoms with E-state index in [0.717, 1.165) is 40.5 Å². The van der Waals surface area contributed by atoms with Crippen molar-refractivity contribution in [3.05, 3.63) is 61.0 Å². The molecule has 0 N–H and O–H groups in total. The molecule has 174 valence electrons. The van der Waals surface area contributed by atoms with E-state index in [1.807, 2.05) is 38.1 Å². The number of methoxy groups -OCH3 is 1. The number of fused-ring (bicyclic) bond motifs is 1. The van der Waals surface area contributed by atoms with Gasteiger partial charge in [-0.25, -0.2) is 4.98 Å². The van der Waals surface area contributed by atoms with Crippen LogP contribution in [-0.2, 0) is 0 Å². The Morgan fingerprint density at radius 2 is 1.88 bits per heavy atom. The zero-order chi connectivity index (χ0) is 23.5. The van der Waals surface area contributed by atoms with Gasteiger partial charge in [-0.05, 0) is 57.0 Å². The van der Waals surface area contributed by atoms with Crippen LogP contribution < -0.4 is 15.0 Å². The van der Waals surface area contributed by atoms with Crippen LogP contribution in [0.25, 0.3) is 10.9 Å². The summed E-state index contributed by atoms with van der Waals surface area (Å²) in [5.41, 5.74) is 1.24. The van der Waals surface area contributed by atoms with Crippen molar-refractivity contribution in [1.29, 1.82) is 0 Å². The molecular weight excluding hydrogens is 550 g/mol. The Balaban J connectivity index is 1.88. The van der Waals surface area contributed by atoms with Crippen LogP contribution in [0, 0.1) is 0 Å². The number of rotatable bonds is 6. The van der Waals surface area contributed by atoms with Gasteiger partial charge in [0.25, 0.3) is 5.56 Å². The molecule has 0 amide bonds. The largest absolute Gasteiger partial charge is 0.493 e. The SMILES string of the molecule is COc1cc(Br)cc(C=Nn2c(C3CCCCC3)nc3ccc(Br)cc3c2=O)c1OC(C)C. The molecule has 3 aromatic rings. The fourth-order valence-electron chi connectivity index (χ4n) is 4.22. The van der Waals surface area contributed by atoms with Crippen molar-refractivity contribution in [2.24, 2.45) is 5.10 Å².